The van der Waals surface area contributed by atoms with Crippen LogP contribution in [0.3, 0.4) is 0 Å². The minimum absolute atomic E-state index is 0.228. The number of nitrogens with zero attached hydrogens (tertiary/aromatic N) is 3. The molecule has 5 rings (SSSR count). The lowest BCUT2D eigenvalue weighted by Gasteiger charge is -2.37. The quantitative estimate of drug-likeness (QED) is 0.404. The van der Waals surface area contributed by atoms with Gasteiger partial charge in [0.1, 0.15) is 17.7 Å². The summed E-state index contributed by atoms with van der Waals surface area (Å²) in [4.78, 5) is 4.87. The Morgan fingerprint density at radius 3 is 2.34 bits per heavy atom. The summed E-state index contributed by atoms with van der Waals surface area (Å²) in [5, 5.41) is 0. The van der Waals surface area contributed by atoms with Gasteiger partial charge in [0.2, 0.25) is 10.0 Å². The molecular weight excluding hydrogens is 505 g/mol. The van der Waals surface area contributed by atoms with E-state index < -0.39 is 16.1 Å². The average molecular weight is 540 g/mol. The van der Waals surface area contributed by atoms with Crippen molar-refractivity contribution < 1.29 is 22.3 Å². The van der Waals surface area contributed by atoms with Gasteiger partial charge in [0.05, 0.1) is 18.6 Å². The molecule has 1 atom stereocenters. The molecule has 0 spiro atoms. The van der Waals surface area contributed by atoms with E-state index in [-0.39, 0.29) is 17.3 Å². The van der Waals surface area contributed by atoms with Crippen molar-refractivity contribution in [1.82, 2.24) is 9.21 Å². The maximum absolute atomic E-state index is 13.6. The Morgan fingerprint density at radius 1 is 0.895 bits per heavy atom. The fourth-order valence-electron chi connectivity index (χ4n) is 5.23. The van der Waals surface area contributed by atoms with Crippen LogP contribution < -0.4 is 9.64 Å². The van der Waals surface area contributed by atoms with Crippen LogP contribution in [0.25, 0.3) is 0 Å². The zero-order chi connectivity index (χ0) is 26.5. The Hall–Kier alpha value is -2.98. The van der Waals surface area contributed by atoms with Crippen LogP contribution in [0.5, 0.6) is 5.75 Å². The maximum Gasteiger partial charge on any atom is 0.243 e. The smallest absolute Gasteiger partial charge is 0.243 e. The molecule has 38 heavy (non-hydrogen) atoms. The molecule has 1 saturated heterocycles. The van der Waals surface area contributed by atoms with Gasteiger partial charge in [-0.2, -0.15) is 4.31 Å². The first-order valence-corrected chi connectivity index (χ1v) is 14.4. The van der Waals surface area contributed by atoms with Crippen LogP contribution in [0, 0.1) is 5.82 Å². The summed E-state index contributed by atoms with van der Waals surface area (Å²) in [7, 11) is -2.11. The molecule has 1 fully saturated rings. The lowest BCUT2D eigenvalue weighted by molar-refractivity contribution is 0.0204. The van der Waals surface area contributed by atoms with Crippen molar-refractivity contribution in [2.75, 3.05) is 57.8 Å². The third-order valence-electron chi connectivity index (χ3n) is 7.30. The Bertz CT molecular complexity index is 1310. The number of rotatable bonds is 9. The van der Waals surface area contributed by atoms with E-state index >= 15 is 0 Å². The summed E-state index contributed by atoms with van der Waals surface area (Å²) < 4.78 is 53.8. The van der Waals surface area contributed by atoms with E-state index in [0.717, 1.165) is 50.4 Å². The van der Waals surface area contributed by atoms with Crippen molar-refractivity contribution in [3.63, 3.8) is 0 Å². The van der Waals surface area contributed by atoms with Gasteiger partial charge in [-0.05, 0) is 54.9 Å². The number of halogens is 1. The average Bonchev–Trinajstić information content (AvgIpc) is 2.95. The predicted molar refractivity (Wildman–Crippen MR) is 145 cm³/mol. The van der Waals surface area contributed by atoms with Crippen LogP contribution in [-0.2, 0) is 21.4 Å². The molecule has 0 N–H and O–H groups in total. The summed E-state index contributed by atoms with van der Waals surface area (Å²) in [6.45, 7) is 5.34. The second kappa shape index (κ2) is 11.8. The normalized spacial score (nSPS) is 19.7. The number of benzene rings is 3. The lowest BCUT2D eigenvalue weighted by atomic mass is 10.1. The first kappa shape index (κ1) is 26.6. The first-order chi connectivity index (χ1) is 18.5. The Morgan fingerprint density at radius 2 is 1.63 bits per heavy atom. The van der Waals surface area contributed by atoms with E-state index in [2.05, 4.69) is 9.80 Å². The Kier molecular flexibility index (Phi) is 8.28. The molecule has 0 amide bonds. The molecule has 1 unspecified atom stereocenters. The van der Waals surface area contributed by atoms with E-state index in [9.17, 15) is 12.8 Å². The molecule has 3 aromatic carbocycles. The second-order valence-corrected chi connectivity index (χ2v) is 11.6. The van der Waals surface area contributed by atoms with Crippen LogP contribution in [0.15, 0.2) is 77.7 Å². The molecule has 3 aromatic rings. The van der Waals surface area contributed by atoms with E-state index in [4.69, 9.17) is 9.47 Å². The van der Waals surface area contributed by atoms with E-state index in [1.165, 1.54) is 12.1 Å². The molecule has 0 aliphatic carbocycles. The van der Waals surface area contributed by atoms with Gasteiger partial charge in [0, 0.05) is 50.5 Å². The van der Waals surface area contributed by atoms with Crippen molar-refractivity contribution in [3.05, 3.63) is 89.7 Å². The summed E-state index contributed by atoms with van der Waals surface area (Å²) in [5.74, 6) is 0.302. The number of hydrogen-bond acceptors (Lipinski definition) is 6. The molecule has 0 bridgehead atoms. The van der Waals surface area contributed by atoms with E-state index in [1.807, 2.05) is 42.5 Å². The van der Waals surface area contributed by atoms with Gasteiger partial charge < -0.3 is 14.4 Å². The number of sulfonamides is 1. The SMILES string of the molecule is COc1cccc2c1C(OCc1ccccc1)CN(CCCN1CCN(c3ccc(F)cc3)CC1)S2(=O)=O. The molecule has 7 nitrogen and oxygen atoms in total. The van der Waals surface area contributed by atoms with Crippen molar-refractivity contribution in [3.8, 4) is 5.75 Å². The number of methoxy groups -OCH3 is 1. The topological polar surface area (TPSA) is 62.3 Å². The second-order valence-electron chi connectivity index (χ2n) is 9.68. The van der Waals surface area contributed by atoms with Crippen LogP contribution in [0.4, 0.5) is 10.1 Å². The van der Waals surface area contributed by atoms with Crippen LogP contribution in [0.1, 0.15) is 23.7 Å². The zero-order valence-electron chi connectivity index (χ0n) is 21.6. The molecule has 2 aliphatic rings. The number of piperazine rings is 1. The standard InChI is InChI=1S/C29H34FN3O4S/c1-36-26-9-5-10-28-29(26)27(37-22-23-7-3-2-4-8-23)21-33(38(28,34)35)16-6-15-31-17-19-32(20-18-31)25-13-11-24(30)12-14-25/h2-5,7-14,27H,6,15-22H2,1H3. The van der Waals surface area contributed by atoms with Gasteiger partial charge in [-0.1, -0.05) is 36.4 Å². The van der Waals surface area contributed by atoms with Crippen LogP contribution in [-0.4, -0.2) is 70.5 Å². The molecule has 2 aliphatic heterocycles. The third-order valence-corrected chi connectivity index (χ3v) is 9.22. The summed E-state index contributed by atoms with van der Waals surface area (Å²) in [6.07, 6.45) is 0.296. The summed E-state index contributed by atoms with van der Waals surface area (Å²) >= 11 is 0. The fraction of sp³-hybridized carbons (Fsp3) is 0.379. The highest BCUT2D eigenvalue weighted by molar-refractivity contribution is 7.89. The molecule has 0 radical (unpaired) electrons. The van der Waals surface area contributed by atoms with Gasteiger partial charge in [-0.3, -0.25) is 4.90 Å². The number of anilines is 1. The van der Waals surface area contributed by atoms with Crippen LogP contribution in [0.2, 0.25) is 0 Å². The van der Waals surface area contributed by atoms with Crippen molar-refractivity contribution in [2.24, 2.45) is 0 Å². The first-order valence-electron chi connectivity index (χ1n) is 13.0. The zero-order valence-corrected chi connectivity index (χ0v) is 22.4. The van der Waals surface area contributed by atoms with Gasteiger partial charge in [-0.25, -0.2) is 12.8 Å². The monoisotopic (exact) mass is 539 g/mol. The van der Waals surface area contributed by atoms with Gasteiger partial charge in [-0.15, -0.1) is 0 Å². The summed E-state index contributed by atoms with van der Waals surface area (Å²) in [5.41, 5.74) is 2.66. The van der Waals surface area contributed by atoms with E-state index in [0.29, 0.717) is 24.5 Å². The lowest BCUT2D eigenvalue weighted by Crippen LogP contribution is -2.47. The van der Waals surface area contributed by atoms with Crippen LogP contribution >= 0.6 is 0 Å². The molecule has 0 saturated carbocycles. The molecule has 202 valence electrons. The fourth-order valence-corrected chi connectivity index (χ4v) is 6.97. The Labute approximate surface area is 224 Å². The molecule has 2 heterocycles. The highest BCUT2D eigenvalue weighted by atomic mass is 32.2. The highest BCUT2D eigenvalue weighted by Crippen LogP contribution is 2.40. The van der Waals surface area contributed by atoms with Crippen molar-refractivity contribution in [2.45, 2.75) is 24.0 Å². The maximum atomic E-state index is 13.6. The number of ether oxygens (including phenoxy) is 2. The van der Waals surface area contributed by atoms with Crippen molar-refractivity contribution >= 4 is 15.7 Å². The minimum atomic E-state index is -3.67. The molecular formula is C29H34FN3O4S. The summed E-state index contributed by atoms with van der Waals surface area (Å²) in [6, 6.07) is 21.6. The highest BCUT2D eigenvalue weighted by Gasteiger charge is 2.39. The minimum Gasteiger partial charge on any atom is -0.496 e. The van der Waals surface area contributed by atoms with Gasteiger partial charge >= 0.3 is 0 Å². The van der Waals surface area contributed by atoms with E-state index in [1.54, 1.807) is 29.6 Å². The largest absolute Gasteiger partial charge is 0.496 e. The van der Waals surface area contributed by atoms with Gasteiger partial charge in [0.15, 0.2) is 0 Å². The van der Waals surface area contributed by atoms with Gasteiger partial charge in [0.25, 0.3) is 0 Å². The Balaban J connectivity index is 1.22. The predicted octanol–water partition coefficient (Wildman–Crippen LogP) is 4.31. The number of hydrogen-bond donors (Lipinski definition) is 0. The number of fused-ring (bicyclic) bond motifs is 1. The van der Waals surface area contributed by atoms with Crippen molar-refractivity contribution in [1.29, 1.82) is 0 Å². The molecule has 0 aromatic heterocycles. The molecule has 9 heteroatoms. The third kappa shape index (κ3) is 5.86.